The van der Waals surface area contributed by atoms with Crippen molar-refractivity contribution in [1.29, 1.82) is 0 Å². The molecule has 0 heterocycles. The van der Waals surface area contributed by atoms with Crippen molar-refractivity contribution in [2.45, 2.75) is 196 Å². The molecule has 0 aliphatic rings. The molecule has 0 nitrogen and oxygen atoms in total. The van der Waals surface area contributed by atoms with Gasteiger partial charge < -0.3 is 0 Å². The van der Waals surface area contributed by atoms with Gasteiger partial charge in [0.1, 0.15) is 0 Å². The number of aryl methyl sites for hydroxylation is 4. The van der Waals surface area contributed by atoms with Crippen LogP contribution in [0.4, 0.5) is 0 Å². The summed E-state index contributed by atoms with van der Waals surface area (Å²) in [5, 5.41) is 5.37. The Hall–Kier alpha value is -0.366. The van der Waals surface area contributed by atoms with E-state index in [-0.39, 0.29) is 28.4 Å². The van der Waals surface area contributed by atoms with Gasteiger partial charge in [-0.25, -0.2) is 0 Å². The standard InChI is InChI=1S/C24H34GeSi.2C9H21Si/c1-15-11-19(23(5,6)7)12-16(2)21(15)26(25)22-17(3)13-20(14-18(22)4)24(8,9)10;2*1-8(2,3)10(7)9(4,5)6/h11-14H,1-10H3;2*1-7H3. The van der Waals surface area contributed by atoms with E-state index in [4.69, 9.17) is 0 Å². The summed E-state index contributed by atoms with van der Waals surface area (Å²) in [4.78, 5) is 0. The summed E-state index contributed by atoms with van der Waals surface area (Å²) in [5.41, 5.74) is 9.15. The average Bonchev–Trinajstić information content (AvgIpc) is 2.79. The minimum absolute atomic E-state index is 0.203. The molecule has 0 spiro atoms. The maximum absolute atomic E-state index is 2.48. The van der Waals surface area contributed by atoms with Crippen molar-refractivity contribution in [2.75, 3.05) is 0 Å². The van der Waals surface area contributed by atoms with Crippen LogP contribution in [0.3, 0.4) is 0 Å². The Bertz CT molecular complexity index is 1130. The summed E-state index contributed by atoms with van der Waals surface area (Å²) in [6, 6.07) is 9.69. The molecule has 46 heavy (non-hydrogen) atoms. The van der Waals surface area contributed by atoms with E-state index in [1.54, 1.807) is 10.4 Å². The molecule has 0 unspecified atom stereocenters. The predicted molar refractivity (Wildman–Crippen MR) is 222 cm³/mol. The van der Waals surface area contributed by atoms with Gasteiger partial charge in [0.25, 0.3) is 0 Å². The van der Waals surface area contributed by atoms with Crippen LogP contribution in [-0.4, -0.2) is 39.8 Å². The zero-order chi connectivity index (χ0) is 37.2. The van der Waals surface area contributed by atoms with Gasteiger partial charge in [0.05, 0.1) is 17.6 Å². The van der Waals surface area contributed by atoms with Crippen molar-refractivity contribution >= 4 is 50.2 Å². The van der Waals surface area contributed by atoms with Crippen molar-refractivity contribution in [3.63, 3.8) is 0 Å². The number of hydrogen-bond donors (Lipinski definition) is 0. The van der Waals surface area contributed by atoms with Gasteiger partial charge in [0.15, 0.2) is 0 Å². The molecule has 0 atom stereocenters. The van der Waals surface area contributed by atoms with Crippen LogP contribution in [-0.2, 0) is 10.8 Å². The van der Waals surface area contributed by atoms with Crippen molar-refractivity contribution < 1.29 is 0 Å². The van der Waals surface area contributed by atoms with Gasteiger partial charge in [-0.2, -0.15) is 0 Å². The van der Waals surface area contributed by atoms with Crippen molar-refractivity contribution in [1.82, 2.24) is 0 Å². The van der Waals surface area contributed by atoms with Crippen LogP contribution in [0.25, 0.3) is 0 Å². The second-order valence-corrected chi connectivity index (χ2v) is 33.5. The van der Waals surface area contributed by atoms with Gasteiger partial charge in [-0.3, -0.25) is 0 Å². The SMILES string of the molecule is C[Si](C(C)(C)C)C(C)(C)C.C[Si](C(C)(C)C)C(C)(C)C.Cc1cc(C(C)(C)C)cc(C)c1[Si](=[Ge])c1c(C)cc(C(C)(C)C)cc1C. The molecule has 0 saturated heterocycles. The van der Waals surface area contributed by atoms with Crippen molar-refractivity contribution in [3.05, 3.63) is 57.6 Å². The first-order chi connectivity index (χ1) is 20.0. The van der Waals surface area contributed by atoms with Gasteiger partial charge in [-0.1, -0.05) is 96.2 Å². The topological polar surface area (TPSA) is 0 Å². The summed E-state index contributed by atoms with van der Waals surface area (Å²) < 4.78 is 0. The van der Waals surface area contributed by atoms with Crippen LogP contribution in [0.2, 0.25) is 33.2 Å². The molecule has 0 aliphatic heterocycles. The molecule has 260 valence electrons. The second-order valence-electron chi connectivity index (χ2n) is 20.1. The fraction of sp³-hybridized carbons (Fsp3) is 0.714. The second kappa shape index (κ2) is 16.1. The normalized spacial score (nSPS) is 13.3. The predicted octanol–water partition coefficient (Wildman–Crippen LogP) is 12.2. The van der Waals surface area contributed by atoms with Gasteiger partial charge in [0, 0.05) is 0 Å². The first-order valence-corrected chi connectivity index (χ1v) is 26.2. The molecular weight excluding hydrogens is 661 g/mol. The van der Waals surface area contributed by atoms with Crippen LogP contribution in [0.15, 0.2) is 24.3 Å². The molecule has 0 N–H and O–H groups in total. The van der Waals surface area contributed by atoms with E-state index in [1.807, 2.05) is 0 Å². The van der Waals surface area contributed by atoms with E-state index >= 15 is 0 Å². The Balaban J connectivity index is 0.000000832. The molecule has 0 fully saturated rings. The third-order valence-electron chi connectivity index (χ3n) is 9.80. The maximum atomic E-state index is 2.48. The molecule has 0 aliphatic carbocycles. The van der Waals surface area contributed by atoms with E-state index in [9.17, 15) is 0 Å². The third-order valence-corrected chi connectivity index (χ3v) is 24.5. The molecule has 0 bridgehead atoms. The zero-order valence-corrected chi connectivity index (χ0v) is 40.4. The first-order valence-electron chi connectivity index (χ1n) is 17.6. The first kappa shape index (κ1) is 45.6. The van der Waals surface area contributed by atoms with Crippen LogP contribution < -0.4 is 10.4 Å². The Kier molecular flexibility index (Phi) is 16.0. The van der Waals surface area contributed by atoms with Gasteiger partial charge >= 0.3 is 170 Å². The fourth-order valence-electron chi connectivity index (χ4n) is 5.96. The van der Waals surface area contributed by atoms with Gasteiger partial charge in [-0.05, 0) is 20.2 Å². The summed E-state index contributed by atoms with van der Waals surface area (Å²) in [5.74, 6) is 0. The molecule has 2 aromatic carbocycles. The molecule has 0 saturated carbocycles. The van der Waals surface area contributed by atoms with E-state index in [0.29, 0.717) is 20.2 Å². The Morgan fingerprint density at radius 2 is 0.565 bits per heavy atom. The van der Waals surface area contributed by atoms with E-state index in [1.165, 1.54) is 33.4 Å². The molecule has 2 rings (SSSR count). The Morgan fingerprint density at radius 1 is 0.391 bits per heavy atom. The molecule has 0 aromatic heterocycles. The van der Waals surface area contributed by atoms with E-state index < -0.39 is 6.86 Å². The fourth-order valence-corrected chi connectivity index (χ4v) is 17.5. The summed E-state index contributed by atoms with van der Waals surface area (Å²) >= 11 is 2.48. The summed E-state index contributed by atoms with van der Waals surface area (Å²) in [6.07, 6.45) is 0. The number of rotatable bonds is 2. The number of hydrogen-bond acceptors (Lipinski definition) is 0. The van der Waals surface area contributed by atoms with Gasteiger partial charge in [0.2, 0.25) is 0 Å². The molecule has 4 heteroatoms. The third kappa shape index (κ3) is 13.9. The summed E-state index contributed by atoms with van der Waals surface area (Å²) in [7, 11) is -0.441. The van der Waals surface area contributed by atoms with Crippen LogP contribution in [0.5, 0.6) is 0 Å². The van der Waals surface area contributed by atoms with Crippen LogP contribution in [0.1, 0.15) is 158 Å². The number of benzene rings is 2. The molecule has 2 aromatic rings. The van der Waals surface area contributed by atoms with Gasteiger partial charge in [-0.15, -0.1) is 0 Å². The molecule has 0 amide bonds. The Labute approximate surface area is 302 Å². The minimum atomic E-state index is -0.788. The van der Waals surface area contributed by atoms with E-state index in [0.717, 1.165) is 0 Å². The quantitative estimate of drug-likeness (QED) is 0.269. The van der Waals surface area contributed by atoms with Crippen LogP contribution in [0, 0.1) is 27.7 Å². The van der Waals surface area contributed by atoms with Crippen LogP contribution >= 0.6 is 0 Å². The monoisotopic (exact) mass is 738 g/mol. The summed E-state index contributed by atoms with van der Waals surface area (Å²) in [6.45, 7) is 55.4. The van der Waals surface area contributed by atoms with Crippen molar-refractivity contribution in [2.24, 2.45) is 0 Å². The average molecular weight is 738 g/mol. The zero-order valence-electron chi connectivity index (χ0n) is 35.3. The van der Waals surface area contributed by atoms with E-state index in [2.05, 4.69) is 205 Å². The van der Waals surface area contributed by atoms with Crippen molar-refractivity contribution in [3.8, 4) is 0 Å². The molecular formula is C42H76GeSi3. The molecule has 4 radical (unpaired) electrons. The Morgan fingerprint density at radius 3 is 0.674 bits per heavy atom.